The summed E-state index contributed by atoms with van der Waals surface area (Å²) in [5.74, 6) is -0.944. The molecule has 0 amide bonds. The number of hydrogen-bond donors (Lipinski definition) is 1. The van der Waals surface area contributed by atoms with E-state index in [1.165, 1.54) is 11.3 Å². The van der Waals surface area contributed by atoms with Crippen molar-refractivity contribution in [2.24, 2.45) is 5.92 Å². The summed E-state index contributed by atoms with van der Waals surface area (Å²) in [7, 11) is 0. The third-order valence-electron chi connectivity index (χ3n) is 3.74. The molecule has 0 unspecified atom stereocenters. The number of allylic oxidation sites excluding steroid dienone is 1. The maximum absolute atomic E-state index is 12.3. The van der Waals surface area contributed by atoms with E-state index in [2.05, 4.69) is 13.0 Å². The molecule has 0 fully saturated rings. The van der Waals surface area contributed by atoms with Crippen LogP contribution in [0, 0.1) is 5.92 Å². The average Bonchev–Trinajstić information content (AvgIpc) is 2.95. The highest BCUT2D eigenvalue weighted by atomic mass is 32.1. The largest absolute Gasteiger partial charge is 0.481 e. The Morgan fingerprint density at radius 3 is 2.71 bits per heavy atom. The van der Waals surface area contributed by atoms with Crippen LogP contribution in [0.4, 0.5) is 0 Å². The predicted octanol–water partition coefficient (Wildman–Crippen LogP) is 5.06. The van der Waals surface area contributed by atoms with Gasteiger partial charge in [-0.15, -0.1) is 11.3 Å². The number of carboxylic acids is 1. The SMILES string of the molecule is C/C=C/Oc1cc2cc(C(=O)C[C@H](C)C(=O)O)sc2cc1CCC. The molecule has 0 spiro atoms. The molecule has 1 aromatic carbocycles. The van der Waals surface area contributed by atoms with E-state index in [0.29, 0.717) is 4.88 Å². The summed E-state index contributed by atoms with van der Waals surface area (Å²) in [6.45, 7) is 5.55. The maximum Gasteiger partial charge on any atom is 0.306 e. The van der Waals surface area contributed by atoms with Crippen molar-refractivity contribution in [3.05, 3.63) is 41.0 Å². The zero-order valence-corrected chi connectivity index (χ0v) is 15.0. The second kappa shape index (κ2) is 8.11. The van der Waals surface area contributed by atoms with Gasteiger partial charge in [-0.3, -0.25) is 9.59 Å². The minimum absolute atomic E-state index is 0.0197. The lowest BCUT2D eigenvalue weighted by Gasteiger charge is -2.08. The van der Waals surface area contributed by atoms with Crippen LogP contribution in [0.3, 0.4) is 0 Å². The molecule has 4 nitrogen and oxygen atoms in total. The van der Waals surface area contributed by atoms with E-state index in [9.17, 15) is 9.59 Å². The van der Waals surface area contributed by atoms with E-state index < -0.39 is 11.9 Å². The normalized spacial score (nSPS) is 12.6. The van der Waals surface area contributed by atoms with Crippen molar-refractivity contribution in [2.75, 3.05) is 0 Å². The van der Waals surface area contributed by atoms with Gasteiger partial charge in [0.25, 0.3) is 0 Å². The van der Waals surface area contributed by atoms with Crippen LogP contribution in [0.5, 0.6) is 5.75 Å². The molecule has 1 aromatic heterocycles. The number of fused-ring (bicyclic) bond motifs is 1. The monoisotopic (exact) mass is 346 g/mol. The van der Waals surface area contributed by atoms with Gasteiger partial charge in [-0.1, -0.05) is 26.3 Å². The minimum Gasteiger partial charge on any atom is -0.481 e. The van der Waals surface area contributed by atoms with Gasteiger partial charge in [0.05, 0.1) is 17.1 Å². The van der Waals surface area contributed by atoms with Gasteiger partial charge < -0.3 is 9.84 Å². The first-order valence-corrected chi connectivity index (χ1v) is 8.88. The molecule has 1 N–H and O–H groups in total. The first-order valence-electron chi connectivity index (χ1n) is 8.06. The van der Waals surface area contributed by atoms with E-state index in [-0.39, 0.29) is 12.2 Å². The van der Waals surface area contributed by atoms with Gasteiger partial charge in [0, 0.05) is 11.1 Å². The van der Waals surface area contributed by atoms with Crippen LogP contribution in [0.15, 0.2) is 30.5 Å². The number of benzene rings is 1. The lowest BCUT2D eigenvalue weighted by atomic mass is 10.0. The Bertz CT molecular complexity index is 773. The fraction of sp³-hybridized carbons (Fsp3) is 0.368. The zero-order chi connectivity index (χ0) is 17.7. The number of ketones is 1. The molecule has 5 heteroatoms. The van der Waals surface area contributed by atoms with E-state index in [1.54, 1.807) is 13.2 Å². The average molecular weight is 346 g/mol. The molecule has 1 heterocycles. The molecule has 128 valence electrons. The number of aryl methyl sites for hydroxylation is 1. The van der Waals surface area contributed by atoms with Crippen LogP contribution in [-0.2, 0) is 11.2 Å². The summed E-state index contributed by atoms with van der Waals surface area (Å²) in [5, 5.41) is 9.91. The van der Waals surface area contributed by atoms with Crippen molar-refractivity contribution in [3.63, 3.8) is 0 Å². The van der Waals surface area contributed by atoms with E-state index in [0.717, 1.165) is 34.2 Å². The standard InChI is InChI=1S/C19H22O4S/c1-4-6-13-10-17-14(9-16(13)23-7-5-2)11-18(24-17)15(20)8-12(3)19(21)22/h5,7,9-12H,4,6,8H2,1-3H3,(H,21,22)/b7-5+/t12-/m0/s1. The van der Waals surface area contributed by atoms with Gasteiger partial charge in [-0.2, -0.15) is 0 Å². The molecule has 0 aliphatic rings. The Balaban J connectivity index is 2.35. The topological polar surface area (TPSA) is 63.6 Å². The molecule has 2 aromatic rings. The number of carbonyl (C=O) groups is 2. The molecular weight excluding hydrogens is 324 g/mol. The molecule has 0 radical (unpaired) electrons. The molecule has 0 saturated heterocycles. The molecule has 2 rings (SSSR count). The number of Topliss-reactive ketones (excluding diaryl/α,β-unsaturated/α-hetero) is 1. The molecular formula is C19H22O4S. The molecule has 1 atom stereocenters. The first-order chi connectivity index (χ1) is 11.5. The van der Waals surface area contributed by atoms with Crippen LogP contribution in [0.25, 0.3) is 10.1 Å². The number of thiophene rings is 1. The van der Waals surface area contributed by atoms with Crippen molar-refractivity contribution < 1.29 is 19.4 Å². The second-order valence-electron chi connectivity index (χ2n) is 5.81. The van der Waals surface area contributed by atoms with Gasteiger partial charge >= 0.3 is 5.97 Å². The second-order valence-corrected chi connectivity index (χ2v) is 6.90. The third kappa shape index (κ3) is 4.23. The van der Waals surface area contributed by atoms with Gasteiger partial charge in [0.1, 0.15) is 5.75 Å². The number of carboxylic acid groups (broad SMARTS) is 1. The van der Waals surface area contributed by atoms with E-state index >= 15 is 0 Å². The number of rotatable bonds is 8. The number of aliphatic carboxylic acids is 1. The first kappa shape index (κ1) is 18.2. The lowest BCUT2D eigenvalue weighted by molar-refractivity contribution is -0.141. The maximum atomic E-state index is 12.3. The van der Waals surface area contributed by atoms with Crippen molar-refractivity contribution in [3.8, 4) is 5.75 Å². The molecule has 24 heavy (non-hydrogen) atoms. The van der Waals surface area contributed by atoms with Crippen LogP contribution in [-0.4, -0.2) is 16.9 Å². The van der Waals surface area contributed by atoms with Crippen LogP contribution >= 0.6 is 11.3 Å². The summed E-state index contributed by atoms with van der Waals surface area (Å²) in [5.41, 5.74) is 1.11. The van der Waals surface area contributed by atoms with Gasteiger partial charge in [0.15, 0.2) is 5.78 Å². The third-order valence-corrected chi connectivity index (χ3v) is 4.88. The lowest BCUT2D eigenvalue weighted by Crippen LogP contribution is -2.13. The van der Waals surface area contributed by atoms with Crippen molar-refractivity contribution in [2.45, 2.75) is 40.0 Å². The summed E-state index contributed by atoms with van der Waals surface area (Å²) < 4.78 is 6.70. The van der Waals surface area contributed by atoms with E-state index in [1.807, 2.05) is 25.1 Å². The number of hydrogen-bond acceptors (Lipinski definition) is 4. The highest BCUT2D eigenvalue weighted by molar-refractivity contribution is 7.20. The quantitative estimate of drug-likeness (QED) is 0.536. The Labute approximate surface area is 145 Å². The van der Waals surface area contributed by atoms with Crippen molar-refractivity contribution in [1.82, 2.24) is 0 Å². The van der Waals surface area contributed by atoms with Crippen LogP contribution in [0.1, 0.15) is 48.8 Å². The summed E-state index contributed by atoms with van der Waals surface area (Å²) in [6.07, 6.45) is 5.40. The minimum atomic E-state index is -0.947. The molecule has 0 aliphatic heterocycles. The zero-order valence-electron chi connectivity index (χ0n) is 14.2. The Morgan fingerprint density at radius 1 is 1.33 bits per heavy atom. The molecule has 0 saturated carbocycles. The van der Waals surface area contributed by atoms with Crippen molar-refractivity contribution >= 4 is 33.2 Å². The summed E-state index contributed by atoms with van der Waals surface area (Å²) >= 11 is 1.42. The summed E-state index contributed by atoms with van der Waals surface area (Å²) in [4.78, 5) is 23.8. The highest BCUT2D eigenvalue weighted by Crippen LogP contribution is 2.34. The number of carbonyl (C=O) groups excluding carboxylic acids is 1. The Kier molecular flexibility index (Phi) is 6.15. The fourth-order valence-corrected chi connectivity index (χ4v) is 3.48. The van der Waals surface area contributed by atoms with Crippen molar-refractivity contribution in [1.29, 1.82) is 0 Å². The van der Waals surface area contributed by atoms with Crippen LogP contribution < -0.4 is 4.74 Å². The Hall–Kier alpha value is -2.14. The fourth-order valence-electron chi connectivity index (χ4n) is 2.43. The highest BCUT2D eigenvalue weighted by Gasteiger charge is 2.19. The predicted molar refractivity (Wildman–Crippen MR) is 97.0 cm³/mol. The Morgan fingerprint density at radius 2 is 2.08 bits per heavy atom. The summed E-state index contributed by atoms with van der Waals surface area (Å²) in [6, 6.07) is 5.85. The van der Waals surface area contributed by atoms with E-state index in [4.69, 9.17) is 9.84 Å². The molecule has 0 bridgehead atoms. The van der Waals surface area contributed by atoms with Crippen LogP contribution in [0.2, 0.25) is 0 Å². The number of ether oxygens (including phenoxy) is 1. The molecule has 0 aliphatic carbocycles. The van der Waals surface area contributed by atoms with Gasteiger partial charge in [-0.25, -0.2) is 0 Å². The van der Waals surface area contributed by atoms with Gasteiger partial charge in [0.2, 0.25) is 0 Å². The van der Waals surface area contributed by atoms with Gasteiger partial charge in [-0.05, 0) is 42.5 Å². The smallest absolute Gasteiger partial charge is 0.306 e.